The van der Waals surface area contributed by atoms with E-state index in [1.54, 1.807) is 0 Å². The molecule has 2 aromatic rings. The highest BCUT2D eigenvalue weighted by Gasteiger charge is 2.07. The van der Waals surface area contributed by atoms with Gasteiger partial charge in [-0.15, -0.1) is 0 Å². The maximum atomic E-state index is 12.9. The van der Waals surface area contributed by atoms with E-state index in [2.05, 4.69) is 10.3 Å². The largest absolute Gasteiger partial charge is 0.306 e. The number of anilines is 1. The molecular formula is C12H8F2N2O. The number of benzene rings is 1. The third kappa shape index (κ3) is 2.84. The Hall–Kier alpha value is -2.30. The fourth-order valence-electron chi connectivity index (χ4n) is 1.30. The lowest BCUT2D eigenvalue weighted by Gasteiger charge is -2.04. The van der Waals surface area contributed by atoms with Crippen LogP contribution in [0, 0.1) is 11.8 Å². The second-order valence-electron chi connectivity index (χ2n) is 3.31. The van der Waals surface area contributed by atoms with Gasteiger partial charge < -0.3 is 5.32 Å². The quantitative estimate of drug-likeness (QED) is 0.811. The highest BCUT2D eigenvalue weighted by atomic mass is 19.1. The summed E-state index contributed by atoms with van der Waals surface area (Å²) in [6.45, 7) is 0. The molecule has 5 heteroatoms. The van der Waals surface area contributed by atoms with E-state index in [9.17, 15) is 13.6 Å². The molecule has 0 radical (unpaired) electrons. The predicted molar refractivity (Wildman–Crippen MR) is 58.5 cm³/mol. The topological polar surface area (TPSA) is 42.0 Å². The van der Waals surface area contributed by atoms with E-state index in [4.69, 9.17) is 0 Å². The van der Waals surface area contributed by atoms with Crippen molar-refractivity contribution in [2.24, 2.45) is 0 Å². The van der Waals surface area contributed by atoms with Gasteiger partial charge in [0.25, 0.3) is 5.91 Å². The van der Waals surface area contributed by atoms with Gasteiger partial charge in [-0.1, -0.05) is 12.1 Å². The molecule has 0 bridgehead atoms. The van der Waals surface area contributed by atoms with Gasteiger partial charge >= 0.3 is 0 Å². The molecule has 1 aromatic heterocycles. The maximum Gasteiger partial charge on any atom is 0.256 e. The van der Waals surface area contributed by atoms with Crippen LogP contribution in [0.2, 0.25) is 0 Å². The third-order valence-electron chi connectivity index (χ3n) is 2.04. The van der Waals surface area contributed by atoms with Gasteiger partial charge in [0, 0.05) is 5.56 Å². The number of nitrogens with one attached hydrogen (secondary N) is 1. The zero-order valence-electron chi connectivity index (χ0n) is 8.65. The van der Waals surface area contributed by atoms with Crippen LogP contribution in [0.3, 0.4) is 0 Å². The zero-order chi connectivity index (χ0) is 12.3. The second kappa shape index (κ2) is 4.69. The lowest BCUT2D eigenvalue weighted by molar-refractivity contribution is 0.102. The molecule has 3 nitrogen and oxygen atoms in total. The normalized spacial score (nSPS) is 10.0. The molecule has 0 aliphatic carbocycles. The first-order valence-corrected chi connectivity index (χ1v) is 4.84. The minimum atomic E-state index is -0.693. The van der Waals surface area contributed by atoms with Crippen LogP contribution < -0.4 is 5.32 Å². The molecule has 0 saturated carbocycles. The van der Waals surface area contributed by atoms with Gasteiger partial charge in [-0.25, -0.2) is 9.37 Å². The van der Waals surface area contributed by atoms with Gasteiger partial charge in [-0.05, 0) is 30.3 Å². The number of nitrogens with zero attached hydrogens (tertiary/aromatic N) is 1. The Labute approximate surface area is 96.1 Å². The van der Waals surface area contributed by atoms with Crippen LogP contribution >= 0.6 is 0 Å². The monoisotopic (exact) mass is 234 g/mol. The Balaban J connectivity index is 2.17. The summed E-state index contributed by atoms with van der Waals surface area (Å²) in [6, 6.07) is 9.23. The Bertz CT molecular complexity index is 558. The maximum absolute atomic E-state index is 12.9. The number of hydrogen-bond acceptors (Lipinski definition) is 2. The number of hydrogen-bond donors (Lipinski definition) is 1. The molecule has 0 aliphatic rings. The van der Waals surface area contributed by atoms with Crippen LogP contribution in [0.4, 0.5) is 14.6 Å². The molecule has 0 atom stereocenters. The number of aromatic nitrogens is 1. The highest BCUT2D eigenvalue weighted by Crippen LogP contribution is 2.08. The first-order chi connectivity index (χ1) is 8.15. The number of carbonyl (C=O) groups excluding carboxylic acids is 1. The van der Waals surface area contributed by atoms with E-state index in [0.29, 0.717) is 0 Å². The van der Waals surface area contributed by atoms with Gasteiger partial charge in [0.05, 0.1) is 0 Å². The lowest BCUT2D eigenvalue weighted by Crippen LogP contribution is -2.13. The summed E-state index contributed by atoms with van der Waals surface area (Å²) in [4.78, 5) is 15.1. The summed E-state index contributed by atoms with van der Waals surface area (Å²) in [5.74, 6) is -1.66. The highest BCUT2D eigenvalue weighted by molar-refractivity contribution is 6.03. The Morgan fingerprint density at radius 3 is 2.59 bits per heavy atom. The van der Waals surface area contributed by atoms with E-state index in [1.165, 1.54) is 30.3 Å². The van der Waals surface area contributed by atoms with Crippen molar-refractivity contribution < 1.29 is 13.6 Å². The van der Waals surface area contributed by atoms with Gasteiger partial charge in [0.2, 0.25) is 5.95 Å². The van der Waals surface area contributed by atoms with Crippen molar-refractivity contribution in [3.05, 3.63) is 59.8 Å². The Morgan fingerprint density at radius 1 is 1.12 bits per heavy atom. The van der Waals surface area contributed by atoms with Gasteiger partial charge in [-0.3, -0.25) is 4.79 Å². The molecule has 1 N–H and O–H groups in total. The summed E-state index contributed by atoms with van der Waals surface area (Å²) in [5.41, 5.74) is 0.149. The Morgan fingerprint density at radius 2 is 1.88 bits per heavy atom. The Kier molecular flexibility index (Phi) is 3.09. The average molecular weight is 234 g/mol. The molecule has 1 aromatic carbocycles. The lowest BCUT2D eigenvalue weighted by atomic mass is 10.2. The molecule has 0 aliphatic heterocycles. The molecule has 17 heavy (non-hydrogen) atoms. The van der Waals surface area contributed by atoms with Crippen LogP contribution in [0.15, 0.2) is 42.5 Å². The molecule has 0 saturated heterocycles. The van der Waals surface area contributed by atoms with Crippen molar-refractivity contribution in [2.75, 3.05) is 5.32 Å². The zero-order valence-corrected chi connectivity index (χ0v) is 8.65. The van der Waals surface area contributed by atoms with Gasteiger partial charge in [0.15, 0.2) is 0 Å². The third-order valence-corrected chi connectivity index (χ3v) is 2.04. The van der Waals surface area contributed by atoms with Crippen LogP contribution in [-0.4, -0.2) is 10.9 Å². The van der Waals surface area contributed by atoms with Crippen molar-refractivity contribution in [1.29, 1.82) is 0 Å². The number of pyridine rings is 1. The number of carbonyl (C=O) groups is 1. The van der Waals surface area contributed by atoms with Gasteiger partial charge in [-0.2, -0.15) is 4.39 Å². The van der Waals surface area contributed by atoms with E-state index in [-0.39, 0.29) is 11.4 Å². The summed E-state index contributed by atoms with van der Waals surface area (Å²) in [6.07, 6.45) is 0. The number of amides is 1. The molecule has 0 spiro atoms. The smallest absolute Gasteiger partial charge is 0.256 e. The molecule has 0 unspecified atom stereocenters. The summed E-state index contributed by atoms with van der Waals surface area (Å²) < 4.78 is 25.6. The van der Waals surface area contributed by atoms with Crippen LogP contribution in [0.25, 0.3) is 0 Å². The fraction of sp³-hybridized carbons (Fsp3) is 0. The first-order valence-electron chi connectivity index (χ1n) is 4.84. The SMILES string of the molecule is O=C(Nc1cccc(F)n1)c1cccc(F)c1. The molecule has 86 valence electrons. The molecule has 1 amide bonds. The van der Waals surface area contributed by atoms with Crippen molar-refractivity contribution in [2.45, 2.75) is 0 Å². The van der Waals surface area contributed by atoms with Crippen LogP contribution in [0.5, 0.6) is 0 Å². The fourth-order valence-corrected chi connectivity index (χ4v) is 1.30. The van der Waals surface area contributed by atoms with Crippen LogP contribution in [0.1, 0.15) is 10.4 Å². The minimum Gasteiger partial charge on any atom is -0.306 e. The molecule has 2 rings (SSSR count). The van der Waals surface area contributed by atoms with E-state index in [1.807, 2.05) is 0 Å². The first kappa shape index (κ1) is 11.2. The van der Waals surface area contributed by atoms with E-state index < -0.39 is 17.7 Å². The van der Waals surface area contributed by atoms with Crippen molar-refractivity contribution in [3.8, 4) is 0 Å². The van der Waals surface area contributed by atoms with E-state index in [0.717, 1.165) is 12.1 Å². The van der Waals surface area contributed by atoms with E-state index >= 15 is 0 Å². The van der Waals surface area contributed by atoms with Crippen molar-refractivity contribution >= 4 is 11.7 Å². The van der Waals surface area contributed by atoms with Crippen LogP contribution in [-0.2, 0) is 0 Å². The van der Waals surface area contributed by atoms with Crippen molar-refractivity contribution in [3.63, 3.8) is 0 Å². The molecule has 1 heterocycles. The minimum absolute atomic E-state index is 0.0826. The average Bonchev–Trinajstić information content (AvgIpc) is 2.29. The standard InChI is InChI=1S/C12H8F2N2O/c13-9-4-1-3-8(7-9)12(17)16-11-6-2-5-10(14)15-11/h1-7H,(H,15,16,17). The predicted octanol–water partition coefficient (Wildman–Crippen LogP) is 2.61. The molecular weight excluding hydrogens is 226 g/mol. The molecule has 0 fully saturated rings. The number of rotatable bonds is 2. The second-order valence-corrected chi connectivity index (χ2v) is 3.31. The number of halogens is 2. The summed E-state index contributed by atoms with van der Waals surface area (Å²) in [7, 11) is 0. The summed E-state index contributed by atoms with van der Waals surface area (Å²) >= 11 is 0. The summed E-state index contributed by atoms with van der Waals surface area (Å²) in [5, 5.41) is 2.37. The van der Waals surface area contributed by atoms with Crippen molar-refractivity contribution in [1.82, 2.24) is 4.98 Å². The van der Waals surface area contributed by atoms with Gasteiger partial charge in [0.1, 0.15) is 11.6 Å².